The third-order valence-corrected chi connectivity index (χ3v) is 5.38. The summed E-state index contributed by atoms with van der Waals surface area (Å²) in [4.78, 5) is 35.4. The molecule has 170 valence electrons. The number of para-hydroxylation sites is 3. The molecule has 0 aliphatic heterocycles. The van der Waals surface area contributed by atoms with Gasteiger partial charge in [-0.05, 0) is 35.9 Å². The molecule has 0 saturated carbocycles. The van der Waals surface area contributed by atoms with Crippen LogP contribution in [0.1, 0.15) is 24.8 Å². The summed E-state index contributed by atoms with van der Waals surface area (Å²) in [5.41, 5.74) is 3.45. The van der Waals surface area contributed by atoms with Crippen LogP contribution in [0.2, 0.25) is 0 Å². The second-order valence-corrected chi connectivity index (χ2v) is 7.69. The maximum Gasteiger partial charge on any atom is 0.227 e. The number of hydrogen-bond acceptors (Lipinski definition) is 5. The monoisotopic (exact) mass is 452 g/mol. The topological polar surface area (TPSA) is 104 Å². The van der Waals surface area contributed by atoms with Crippen molar-refractivity contribution in [2.75, 3.05) is 11.4 Å². The van der Waals surface area contributed by atoms with Crippen molar-refractivity contribution in [1.82, 2.24) is 19.9 Å². The van der Waals surface area contributed by atoms with Crippen molar-refractivity contribution in [1.29, 1.82) is 5.26 Å². The van der Waals surface area contributed by atoms with Gasteiger partial charge in [-0.1, -0.05) is 36.4 Å². The van der Waals surface area contributed by atoms with E-state index in [0.717, 1.165) is 28.1 Å². The van der Waals surface area contributed by atoms with Gasteiger partial charge in [0.25, 0.3) is 0 Å². The Kier molecular flexibility index (Phi) is 7.25. The maximum atomic E-state index is 12.7. The van der Waals surface area contributed by atoms with Crippen LogP contribution in [0.25, 0.3) is 16.9 Å². The molecule has 0 bridgehead atoms. The van der Waals surface area contributed by atoms with Gasteiger partial charge in [-0.15, -0.1) is 0 Å². The molecular weight excluding hydrogens is 428 g/mol. The van der Waals surface area contributed by atoms with E-state index >= 15 is 0 Å². The van der Waals surface area contributed by atoms with Crippen LogP contribution in [0, 0.1) is 11.3 Å². The zero-order valence-corrected chi connectivity index (χ0v) is 18.6. The number of nitrogens with one attached hydrogen (secondary N) is 1. The molecule has 8 heteroatoms. The highest BCUT2D eigenvalue weighted by Gasteiger charge is 2.16. The molecule has 0 saturated heterocycles. The highest BCUT2D eigenvalue weighted by molar-refractivity contribution is 5.95. The minimum Gasteiger partial charge on any atom is -0.352 e. The molecule has 8 nitrogen and oxygen atoms in total. The molecule has 2 heterocycles. The Morgan fingerprint density at radius 3 is 2.53 bits per heavy atom. The molecule has 0 fully saturated rings. The van der Waals surface area contributed by atoms with E-state index in [-0.39, 0.29) is 31.1 Å². The summed E-state index contributed by atoms with van der Waals surface area (Å²) < 4.78 is 1.91. The quantitative estimate of drug-likeness (QED) is 0.416. The smallest absolute Gasteiger partial charge is 0.227 e. The summed E-state index contributed by atoms with van der Waals surface area (Å²) in [7, 11) is 0. The number of pyridine rings is 1. The Hall–Kier alpha value is -4.51. The summed E-state index contributed by atoms with van der Waals surface area (Å²) in [5, 5.41) is 11.7. The van der Waals surface area contributed by atoms with Crippen LogP contribution in [0.5, 0.6) is 0 Å². The lowest BCUT2D eigenvalue weighted by molar-refractivity contribution is -0.125. The van der Waals surface area contributed by atoms with Gasteiger partial charge in [0.1, 0.15) is 12.1 Å². The first-order valence-corrected chi connectivity index (χ1v) is 11.0. The van der Waals surface area contributed by atoms with Crippen LogP contribution in [0.4, 0.5) is 5.69 Å². The fourth-order valence-electron chi connectivity index (χ4n) is 3.62. The zero-order valence-electron chi connectivity index (χ0n) is 18.6. The van der Waals surface area contributed by atoms with Crippen LogP contribution in [-0.2, 0) is 16.1 Å². The predicted octanol–water partition coefficient (Wildman–Crippen LogP) is 3.76. The Morgan fingerprint density at radius 2 is 1.76 bits per heavy atom. The standard InChI is InChI=1S/C26H24N6O2/c27-15-6-16-31(21-7-2-1-3-8-21)26(34)14-13-25(33)29-18-20-11-12-24(28-17-20)32-19-30-22-9-4-5-10-23(22)32/h1-5,7-12,17,19H,6,13-14,16,18H2,(H,29,33). The number of carbonyl (C=O) groups is 2. The van der Waals surface area contributed by atoms with Gasteiger partial charge in [0.2, 0.25) is 11.8 Å². The van der Waals surface area contributed by atoms with E-state index in [9.17, 15) is 9.59 Å². The molecule has 1 N–H and O–H groups in total. The fraction of sp³-hybridized carbons (Fsp3) is 0.192. The van der Waals surface area contributed by atoms with Crippen molar-refractivity contribution >= 4 is 28.5 Å². The minimum atomic E-state index is -0.216. The van der Waals surface area contributed by atoms with Crippen molar-refractivity contribution in [2.45, 2.75) is 25.8 Å². The molecule has 0 aliphatic carbocycles. The van der Waals surface area contributed by atoms with Crippen LogP contribution in [0.3, 0.4) is 0 Å². The Balaban J connectivity index is 1.29. The largest absolute Gasteiger partial charge is 0.352 e. The number of rotatable bonds is 9. The van der Waals surface area contributed by atoms with Gasteiger partial charge in [-0.2, -0.15) is 5.26 Å². The minimum absolute atomic E-state index is 0.0665. The molecule has 0 atom stereocenters. The molecule has 2 aromatic heterocycles. The van der Waals surface area contributed by atoms with Gasteiger partial charge in [-0.3, -0.25) is 14.2 Å². The Bertz CT molecular complexity index is 1310. The van der Waals surface area contributed by atoms with E-state index in [2.05, 4.69) is 21.4 Å². The lowest BCUT2D eigenvalue weighted by atomic mass is 10.2. The number of amides is 2. The van der Waals surface area contributed by atoms with E-state index in [0.29, 0.717) is 13.1 Å². The van der Waals surface area contributed by atoms with E-state index in [1.807, 2.05) is 71.3 Å². The average molecular weight is 453 g/mol. The van der Waals surface area contributed by atoms with Gasteiger partial charge in [0.15, 0.2) is 0 Å². The van der Waals surface area contributed by atoms with E-state index < -0.39 is 0 Å². The number of aromatic nitrogens is 3. The second-order valence-electron chi connectivity index (χ2n) is 7.69. The van der Waals surface area contributed by atoms with Gasteiger partial charge in [0, 0.05) is 37.8 Å². The van der Waals surface area contributed by atoms with E-state index in [1.165, 1.54) is 0 Å². The molecule has 0 spiro atoms. The van der Waals surface area contributed by atoms with Crippen molar-refractivity contribution in [3.05, 3.63) is 84.8 Å². The Labute approximate surface area is 197 Å². The summed E-state index contributed by atoms with van der Waals surface area (Å²) in [5.74, 6) is 0.342. The first-order chi connectivity index (χ1) is 16.7. The average Bonchev–Trinajstić information content (AvgIpc) is 3.31. The third-order valence-electron chi connectivity index (χ3n) is 5.38. The fourth-order valence-corrected chi connectivity index (χ4v) is 3.62. The van der Waals surface area contributed by atoms with Crippen LogP contribution < -0.4 is 10.2 Å². The van der Waals surface area contributed by atoms with Gasteiger partial charge >= 0.3 is 0 Å². The number of imidazole rings is 1. The second kappa shape index (κ2) is 10.9. The number of carbonyl (C=O) groups excluding carboxylic acids is 2. The number of fused-ring (bicyclic) bond motifs is 1. The number of anilines is 1. The molecule has 2 aromatic carbocycles. The van der Waals surface area contributed by atoms with Crippen molar-refractivity contribution in [3.8, 4) is 11.9 Å². The number of hydrogen-bond donors (Lipinski definition) is 1. The lowest BCUT2D eigenvalue weighted by Gasteiger charge is -2.21. The molecule has 0 radical (unpaired) electrons. The molecule has 2 amide bonds. The van der Waals surface area contributed by atoms with Gasteiger partial charge < -0.3 is 10.2 Å². The Morgan fingerprint density at radius 1 is 0.971 bits per heavy atom. The maximum absolute atomic E-state index is 12.7. The van der Waals surface area contributed by atoms with Crippen LogP contribution in [0.15, 0.2) is 79.3 Å². The third kappa shape index (κ3) is 5.45. The number of nitrogens with zero attached hydrogens (tertiary/aromatic N) is 5. The summed E-state index contributed by atoms with van der Waals surface area (Å²) in [6.07, 6.45) is 3.82. The van der Waals surface area contributed by atoms with Crippen molar-refractivity contribution < 1.29 is 9.59 Å². The van der Waals surface area contributed by atoms with Crippen molar-refractivity contribution in [2.24, 2.45) is 0 Å². The molecule has 0 unspecified atom stereocenters. The van der Waals surface area contributed by atoms with E-state index in [4.69, 9.17) is 5.26 Å². The highest BCUT2D eigenvalue weighted by atomic mass is 16.2. The highest BCUT2D eigenvalue weighted by Crippen LogP contribution is 2.17. The zero-order chi connectivity index (χ0) is 23.8. The SMILES string of the molecule is N#CCCN(C(=O)CCC(=O)NCc1ccc(-n2cnc3ccccc32)nc1)c1ccccc1. The first kappa shape index (κ1) is 22.7. The van der Waals surface area contributed by atoms with Crippen LogP contribution >= 0.6 is 0 Å². The molecule has 4 aromatic rings. The van der Waals surface area contributed by atoms with E-state index in [1.54, 1.807) is 17.4 Å². The first-order valence-electron chi connectivity index (χ1n) is 11.0. The number of nitriles is 1. The summed E-state index contributed by atoms with van der Waals surface area (Å²) in [6, 6.07) is 22.9. The van der Waals surface area contributed by atoms with Crippen molar-refractivity contribution in [3.63, 3.8) is 0 Å². The lowest BCUT2D eigenvalue weighted by Crippen LogP contribution is -2.33. The molecule has 4 rings (SSSR count). The predicted molar refractivity (Wildman–Crippen MR) is 129 cm³/mol. The van der Waals surface area contributed by atoms with Crippen LogP contribution in [-0.4, -0.2) is 32.9 Å². The molecule has 34 heavy (non-hydrogen) atoms. The normalized spacial score (nSPS) is 10.6. The molecular formula is C26H24N6O2. The number of benzene rings is 2. The van der Waals surface area contributed by atoms with Gasteiger partial charge in [0.05, 0.1) is 23.5 Å². The molecule has 0 aliphatic rings. The summed E-state index contributed by atoms with van der Waals surface area (Å²) >= 11 is 0. The summed E-state index contributed by atoms with van der Waals surface area (Å²) in [6.45, 7) is 0.618. The van der Waals surface area contributed by atoms with Gasteiger partial charge in [-0.25, -0.2) is 9.97 Å².